The fraction of sp³-hybridized carbons (Fsp3) is 0.300. The highest BCUT2D eigenvalue weighted by atomic mass is 16.5. The average Bonchev–Trinajstić information content (AvgIpc) is 2.89. The molecule has 4 rings (SSSR count). The van der Waals surface area contributed by atoms with Gasteiger partial charge in [0.1, 0.15) is 18.2 Å². The van der Waals surface area contributed by atoms with Crippen LogP contribution in [-0.4, -0.2) is 48.7 Å². The van der Waals surface area contributed by atoms with E-state index in [-0.39, 0.29) is 24.3 Å². The summed E-state index contributed by atoms with van der Waals surface area (Å²) >= 11 is 0. The number of likely N-dealkylation sites (tertiary alicyclic amines) is 1. The molecule has 5 heteroatoms. The monoisotopic (exact) mass is 469 g/mol. The number of esters is 1. The van der Waals surface area contributed by atoms with E-state index in [1.807, 2.05) is 66.7 Å². The van der Waals surface area contributed by atoms with Crippen molar-refractivity contribution in [2.45, 2.75) is 38.2 Å². The molecule has 0 N–H and O–H groups in total. The standard InChI is InChI=1S/C30H31NO4/c32-22-24-12-10-23(11-13-24)20-27(33)14-17-31-18-15-28(16-19-31)35-30(34)21-26-8-4-5-9-29(26)25-6-2-1-3-7-25/h1-13,22,28H,14-21H2. The van der Waals surface area contributed by atoms with Crippen molar-refractivity contribution in [2.24, 2.45) is 0 Å². The molecule has 0 amide bonds. The summed E-state index contributed by atoms with van der Waals surface area (Å²) < 4.78 is 5.80. The van der Waals surface area contributed by atoms with Gasteiger partial charge in [0.2, 0.25) is 0 Å². The molecule has 5 nitrogen and oxygen atoms in total. The smallest absolute Gasteiger partial charge is 0.310 e. The van der Waals surface area contributed by atoms with Gasteiger partial charge in [-0.3, -0.25) is 14.4 Å². The van der Waals surface area contributed by atoms with Gasteiger partial charge in [-0.25, -0.2) is 0 Å². The third-order valence-electron chi connectivity index (χ3n) is 6.49. The van der Waals surface area contributed by atoms with Crippen LogP contribution in [0.4, 0.5) is 0 Å². The normalized spacial score (nSPS) is 14.4. The molecule has 3 aromatic carbocycles. The van der Waals surface area contributed by atoms with E-state index in [0.29, 0.717) is 18.4 Å². The van der Waals surface area contributed by atoms with Crippen LogP contribution in [0.1, 0.15) is 40.7 Å². The van der Waals surface area contributed by atoms with Crippen LogP contribution in [0.5, 0.6) is 0 Å². The minimum absolute atomic E-state index is 0.0744. The zero-order valence-corrected chi connectivity index (χ0v) is 19.9. The fourth-order valence-electron chi connectivity index (χ4n) is 4.52. The molecule has 0 bridgehead atoms. The molecule has 0 spiro atoms. The van der Waals surface area contributed by atoms with Crippen molar-refractivity contribution in [2.75, 3.05) is 19.6 Å². The van der Waals surface area contributed by atoms with E-state index in [1.165, 1.54) is 0 Å². The van der Waals surface area contributed by atoms with Gasteiger partial charge in [0.05, 0.1) is 6.42 Å². The Bertz CT molecular complexity index is 1130. The van der Waals surface area contributed by atoms with Gasteiger partial charge >= 0.3 is 5.97 Å². The molecule has 1 fully saturated rings. The molecule has 1 heterocycles. The number of aldehydes is 1. The number of carbonyl (C=O) groups excluding carboxylic acids is 3. The minimum Gasteiger partial charge on any atom is -0.462 e. The predicted molar refractivity (Wildman–Crippen MR) is 136 cm³/mol. The van der Waals surface area contributed by atoms with Crippen molar-refractivity contribution in [3.05, 3.63) is 95.6 Å². The molecule has 0 atom stereocenters. The molecule has 35 heavy (non-hydrogen) atoms. The molecule has 180 valence electrons. The molecule has 0 aliphatic carbocycles. The SMILES string of the molecule is O=Cc1ccc(CC(=O)CCN2CCC(OC(=O)Cc3ccccc3-c3ccccc3)CC2)cc1. The van der Waals surface area contributed by atoms with E-state index >= 15 is 0 Å². The molecule has 1 saturated heterocycles. The molecule has 1 aliphatic heterocycles. The third kappa shape index (κ3) is 7.20. The highest BCUT2D eigenvalue weighted by Gasteiger charge is 2.23. The first kappa shape index (κ1) is 24.6. The van der Waals surface area contributed by atoms with Gasteiger partial charge in [-0.15, -0.1) is 0 Å². The molecule has 0 saturated carbocycles. The predicted octanol–water partition coefficient (Wildman–Crippen LogP) is 4.92. The second kappa shape index (κ2) is 12.2. The first-order valence-electron chi connectivity index (χ1n) is 12.2. The van der Waals surface area contributed by atoms with Crippen molar-refractivity contribution >= 4 is 18.0 Å². The van der Waals surface area contributed by atoms with Gasteiger partial charge in [0.15, 0.2) is 0 Å². The molecular formula is C30H31NO4. The van der Waals surface area contributed by atoms with Crippen LogP contribution in [0.2, 0.25) is 0 Å². The summed E-state index contributed by atoms with van der Waals surface area (Å²) in [5, 5.41) is 0. The van der Waals surface area contributed by atoms with Crippen molar-refractivity contribution in [3.63, 3.8) is 0 Å². The van der Waals surface area contributed by atoms with E-state index in [9.17, 15) is 14.4 Å². The van der Waals surface area contributed by atoms with E-state index in [4.69, 9.17) is 4.74 Å². The van der Waals surface area contributed by atoms with Gasteiger partial charge in [-0.2, -0.15) is 0 Å². The Kier molecular flexibility index (Phi) is 8.58. The number of benzene rings is 3. The molecular weight excluding hydrogens is 438 g/mol. The fourth-order valence-corrected chi connectivity index (χ4v) is 4.52. The highest BCUT2D eigenvalue weighted by molar-refractivity contribution is 5.81. The number of ether oxygens (including phenoxy) is 1. The Morgan fingerprint density at radius 1 is 0.857 bits per heavy atom. The van der Waals surface area contributed by atoms with Crippen LogP contribution in [0, 0.1) is 0 Å². The lowest BCUT2D eigenvalue weighted by atomic mass is 9.98. The Labute approximate surface area is 206 Å². The first-order chi connectivity index (χ1) is 17.1. The first-order valence-corrected chi connectivity index (χ1v) is 12.2. The zero-order chi connectivity index (χ0) is 24.5. The second-order valence-electron chi connectivity index (χ2n) is 9.06. The minimum atomic E-state index is -0.192. The summed E-state index contributed by atoms with van der Waals surface area (Å²) in [6.07, 6.45) is 3.44. The lowest BCUT2D eigenvalue weighted by Gasteiger charge is -2.31. The van der Waals surface area contributed by atoms with Crippen molar-refractivity contribution in [3.8, 4) is 11.1 Å². The number of Topliss-reactive ketones (excluding diaryl/α,β-unsaturated/α-hetero) is 1. The molecule has 3 aromatic rings. The summed E-state index contributed by atoms with van der Waals surface area (Å²) in [7, 11) is 0. The number of nitrogens with zero attached hydrogens (tertiary/aromatic N) is 1. The molecule has 0 radical (unpaired) electrons. The number of rotatable bonds is 10. The Morgan fingerprint density at radius 2 is 1.54 bits per heavy atom. The highest BCUT2D eigenvalue weighted by Crippen LogP contribution is 2.24. The van der Waals surface area contributed by atoms with Gasteiger partial charge in [-0.05, 0) is 35.1 Å². The number of carbonyl (C=O) groups is 3. The van der Waals surface area contributed by atoms with Gasteiger partial charge in [0, 0.05) is 38.0 Å². The Balaban J connectivity index is 1.19. The second-order valence-corrected chi connectivity index (χ2v) is 9.06. The largest absolute Gasteiger partial charge is 0.462 e. The van der Waals surface area contributed by atoms with Gasteiger partial charge in [-0.1, -0.05) is 78.9 Å². The van der Waals surface area contributed by atoms with Gasteiger partial charge < -0.3 is 9.64 Å². The van der Waals surface area contributed by atoms with E-state index in [2.05, 4.69) is 4.90 Å². The molecule has 1 aliphatic rings. The van der Waals surface area contributed by atoms with Crippen molar-refractivity contribution < 1.29 is 19.1 Å². The van der Waals surface area contributed by atoms with Crippen molar-refractivity contribution in [1.29, 1.82) is 0 Å². The van der Waals surface area contributed by atoms with Crippen molar-refractivity contribution in [1.82, 2.24) is 4.90 Å². The lowest BCUT2D eigenvalue weighted by Crippen LogP contribution is -2.39. The summed E-state index contributed by atoms with van der Waals surface area (Å²) in [4.78, 5) is 38.0. The van der Waals surface area contributed by atoms with Crippen LogP contribution in [0.15, 0.2) is 78.9 Å². The number of ketones is 1. The zero-order valence-electron chi connectivity index (χ0n) is 19.9. The maximum atomic E-state index is 12.7. The number of hydrogen-bond acceptors (Lipinski definition) is 5. The van der Waals surface area contributed by atoms with Crippen LogP contribution in [-0.2, 0) is 27.2 Å². The average molecular weight is 470 g/mol. The topological polar surface area (TPSA) is 63.7 Å². The van der Waals surface area contributed by atoms with Crippen LogP contribution in [0.25, 0.3) is 11.1 Å². The third-order valence-corrected chi connectivity index (χ3v) is 6.49. The molecule has 0 aromatic heterocycles. The number of piperidine rings is 1. The van der Waals surface area contributed by atoms with Crippen LogP contribution >= 0.6 is 0 Å². The summed E-state index contributed by atoms with van der Waals surface area (Å²) in [5.41, 5.74) is 4.67. The lowest BCUT2D eigenvalue weighted by molar-refractivity contribution is -0.150. The Morgan fingerprint density at radius 3 is 2.26 bits per heavy atom. The quantitative estimate of drug-likeness (QED) is 0.312. The van der Waals surface area contributed by atoms with E-state index in [1.54, 1.807) is 12.1 Å². The van der Waals surface area contributed by atoms with Gasteiger partial charge in [0.25, 0.3) is 0 Å². The Hall–Kier alpha value is -3.57. The maximum absolute atomic E-state index is 12.7. The summed E-state index contributed by atoms with van der Waals surface area (Å²) in [6.45, 7) is 2.36. The van der Waals surface area contributed by atoms with Crippen LogP contribution < -0.4 is 0 Å². The molecule has 0 unspecified atom stereocenters. The summed E-state index contributed by atoms with van der Waals surface area (Å²) in [6, 6.07) is 25.2. The number of hydrogen-bond donors (Lipinski definition) is 0. The van der Waals surface area contributed by atoms with Crippen LogP contribution in [0.3, 0.4) is 0 Å². The van der Waals surface area contributed by atoms with E-state index in [0.717, 1.165) is 61.0 Å². The summed E-state index contributed by atoms with van der Waals surface area (Å²) in [5.74, 6) is -0.00269. The van der Waals surface area contributed by atoms with E-state index < -0.39 is 0 Å². The maximum Gasteiger partial charge on any atom is 0.310 e.